The molecule has 2 aromatic heterocycles. The highest BCUT2D eigenvalue weighted by Gasteiger charge is 2.66. The van der Waals surface area contributed by atoms with Crippen LogP contribution in [0.15, 0.2) is 24.3 Å². The van der Waals surface area contributed by atoms with Crippen LogP contribution in [-0.2, 0) is 27.2 Å². The molecule has 1 saturated carbocycles. The van der Waals surface area contributed by atoms with Gasteiger partial charge in [0.25, 0.3) is 5.78 Å². The molecule has 1 aliphatic carbocycles. The standard InChI is InChI=1S/C28H28F4N4O5/c1-15-11-16(2)36-25(33-15)34-23(35-36)13-19-20(37)14-26(41-24(19)38,18-5-3-4-6-18)10-9-17-7-8-21-22(12-17)40-28(31,32)27(29,30)39-21/h7-8,11-12,18-19H,3-6,9-10,13-14H2,1-2H3. The van der Waals surface area contributed by atoms with Gasteiger partial charge in [-0.3, -0.25) is 9.59 Å². The summed E-state index contributed by atoms with van der Waals surface area (Å²) < 4.78 is 70.6. The first-order chi connectivity index (χ1) is 19.4. The molecule has 13 heteroatoms. The Labute approximate surface area is 232 Å². The minimum Gasteiger partial charge on any atom is -0.458 e. The van der Waals surface area contributed by atoms with Gasteiger partial charge < -0.3 is 14.2 Å². The molecule has 0 N–H and O–H groups in total. The minimum atomic E-state index is -4.83. The highest BCUT2D eigenvalue weighted by molar-refractivity contribution is 6.01. The fourth-order valence-corrected chi connectivity index (χ4v) is 6.18. The summed E-state index contributed by atoms with van der Waals surface area (Å²) in [6.07, 6.45) is -5.70. The topological polar surface area (TPSA) is 105 Å². The molecule has 0 amide bonds. The summed E-state index contributed by atoms with van der Waals surface area (Å²) in [5.41, 5.74) is 1.02. The molecule has 218 valence electrons. The van der Waals surface area contributed by atoms with E-state index < -0.39 is 41.2 Å². The first-order valence-electron chi connectivity index (χ1n) is 13.6. The molecular formula is C28H28F4N4O5. The number of halogens is 4. The average Bonchev–Trinajstić information content (AvgIpc) is 3.56. The zero-order valence-electron chi connectivity index (χ0n) is 22.5. The number of hydrogen-bond donors (Lipinski definition) is 0. The maximum Gasteiger partial charge on any atom is 0.507 e. The summed E-state index contributed by atoms with van der Waals surface area (Å²) in [5.74, 6) is -2.32. The smallest absolute Gasteiger partial charge is 0.458 e. The lowest BCUT2D eigenvalue weighted by atomic mass is 9.73. The van der Waals surface area contributed by atoms with Crippen LogP contribution in [0.3, 0.4) is 0 Å². The second kappa shape index (κ2) is 9.66. The Morgan fingerprint density at radius 3 is 2.37 bits per heavy atom. The van der Waals surface area contributed by atoms with E-state index in [9.17, 15) is 27.2 Å². The van der Waals surface area contributed by atoms with Gasteiger partial charge in [-0.2, -0.15) is 22.5 Å². The first-order valence-corrected chi connectivity index (χ1v) is 13.6. The van der Waals surface area contributed by atoms with E-state index in [4.69, 9.17) is 4.74 Å². The Bertz CT molecular complexity index is 1520. The van der Waals surface area contributed by atoms with Crippen molar-refractivity contribution in [3.05, 3.63) is 47.0 Å². The van der Waals surface area contributed by atoms with Crippen molar-refractivity contribution in [2.75, 3.05) is 0 Å². The van der Waals surface area contributed by atoms with Crippen molar-refractivity contribution >= 4 is 17.5 Å². The zero-order chi connectivity index (χ0) is 29.2. The lowest BCUT2D eigenvalue weighted by Crippen LogP contribution is -2.52. The van der Waals surface area contributed by atoms with E-state index in [1.807, 2.05) is 19.9 Å². The number of benzene rings is 1. The van der Waals surface area contributed by atoms with E-state index in [1.165, 1.54) is 12.1 Å². The molecule has 2 unspecified atom stereocenters. The summed E-state index contributed by atoms with van der Waals surface area (Å²) in [6, 6.07) is 5.67. The Hall–Kier alpha value is -3.77. The van der Waals surface area contributed by atoms with Crippen molar-refractivity contribution in [2.45, 2.75) is 83.0 Å². The zero-order valence-corrected chi connectivity index (χ0v) is 22.5. The van der Waals surface area contributed by atoms with Crippen molar-refractivity contribution in [1.82, 2.24) is 19.6 Å². The number of alkyl halides is 4. The van der Waals surface area contributed by atoms with Crippen LogP contribution in [0.2, 0.25) is 0 Å². The highest BCUT2D eigenvalue weighted by Crippen LogP contribution is 2.48. The number of carbonyl (C=O) groups excluding carboxylic acids is 2. The molecule has 4 heterocycles. The van der Waals surface area contributed by atoms with Crippen molar-refractivity contribution in [3.63, 3.8) is 0 Å². The summed E-state index contributed by atoms with van der Waals surface area (Å²) in [7, 11) is 0. The van der Waals surface area contributed by atoms with Gasteiger partial charge in [0.15, 0.2) is 23.1 Å². The highest BCUT2D eigenvalue weighted by atomic mass is 19.3. The van der Waals surface area contributed by atoms with Gasteiger partial charge in [0.05, 0.1) is 0 Å². The molecule has 1 aromatic carbocycles. The maximum absolute atomic E-state index is 13.7. The van der Waals surface area contributed by atoms with Crippen LogP contribution < -0.4 is 9.47 Å². The van der Waals surface area contributed by atoms with E-state index in [2.05, 4.69) is 24.5 Å². The van der Waals surface area contributed by atoms with E-state index in [-0.39, 0.29) is 37.4 Å². The molecule has 6 rings (SSSR count). The Morgan fingerprint density at radius 2 is 1.66 bits per heavy atom. The molecule has 0 bridgehead atoms. The summed E-state index contributed by atoms with van der Waals surface area (Å²) in [5, 5.41) is 4.42. The first kappa shape index (κ1) is 27.4. The van der Waals surface area contributed by atoms with E-state index >= 15 is 0 Å². The van der Waals surface area contributed by atoms with Crippen LogP contribution in [0.25, 0.3) is 5.78 Å². The van der Waals surface area contributed by atoms with E-state index in [0.717, 1.165) is 43.1 Å². The summed E-state index contributed by atoms with van der Waals surface area (Å²) >= 11 is 0. The number of aromatic nitrogens is 4. The number of cyclic esters (lactones) is 1. The molecule has 3 aliphatic rings. The van der Waals surface area contributed by atoms with Gasteiger partial charge in [-0.25, -0.2) is 9.50 Å². The summed E-state index contributed by atoms with van der Waals surface area (Å²) in [4.78, 5) is 35.6. The van der Waals surface area contributed by atoms with Gasteiger partial charge in [0.1, 0.15) is 11.5 Å². The SMILES string of the molecule is Cc1cc(C)n2nc(CC3C(=O)CC(CCc4ccc5c(c4)OC(F)(F)C(F)(F)O5)(C4CCCC4)OC3=O)nc2n1. The van der Waals surface area contributed by atoms with Crippen molar-refractivity contribution in [1.29, 1.82) is 0 Å². The lowest BCUT2D eigenvalue weighted by Gasteiger charge is -2.43. The number of ketones is 1. The molecule has 0 spiro atoms. The number of rotatable bonds is 6. The van der Waals surface area contributed by atoms with Gasteiger partial charge >= 0.3 is 18.2 Å². The molecule has 2 atom stereocenters. The predicted molar refractivity (Wildman–Crippen MR) is 134 cm³/mol. The Morgan fingerprint density at radius 1 is 0.951 bits per heavy atom. The molecule has 0 radical (unpaired) electrons. The molecular weight excluding hydrogens is 548 g/mol. The third kappa shape index (κ3) is 4.88. The quantitative estimate of drug-likeness (QED) is 0.231. The summed E-state index contributed by atoms with van der Waals surface area (Å²) in [6.45, 7) is 3.70. The van der Waals surface area contributed by atoms with Gasteiger partial charge in [-0.15, -0.1) is 5.10 Å². The van der Waals surface area contributed by atoms with Crippen LogP contribution in [-0.4, -0.2) is 49.2 Å². The van der Waals surface area contributed by atoms with E-state index in [1.54, 1.807) is 4.52 Å². The second-order valence-corrected chi connectivity index (χ2v) is 11.2. The van der Waals surface area contributed by atoms with Crippen molar-refractivity contribution in [2.24, 2.45) is 11.8 Å². The van der Waals surface area contributed by atoms with Crippen molar-refractivity contribution in [3.8, 4) is 11.5 Å². The molecule has 2 fully saturated rings. The van der Waals surface area contributed by atoms with Crippen LogP contribution >= 0.6 is 0 Å². The minimum absolute atomic E-state index is 0.00662. The van der Waals surface area contributed by atoms with E-state index in [0.29, 0.717) is 17.2 Å². The number of nitrogens with zero attached hydrogens (tertiary/aromatic N) is 4. The van der Waals surface area contributed by atoms with Crippen molar-refractivity contribution < 1.29 is 41.4 Å². The predicted octanol–water partition coefficient (Wildman–Crippen LogP) is 4.93. The molecule has 41 heavy (non-hydrogen) atoms. The van der Waals surface area contributed by atoms with Crippen LogP contribution in [0, 0.1) is 25.7 Å². The third-order valence-corrected chi connectivity index (χ3v) is 8.26. The average molecular weight is 577 g/mol. The Balaban J connectivity index is 1.21. The molecule has 1 saturated heterocycles. The normalized spacial score (nSPS) is 25.5. The monoisotopic (exact) mass is 576 g/mol. The number of hydrogen-bond acceptors (Lipinski definition) is 8. The van der Waals surface area contributed by atoms with Crippen LogP contribution in [0.5, 0.6) is 11.5 Å². The van der Waals surface area contributed by atoms with Gasteiger partial charge in [-0.05, 0) is 69.2 Å². The molecule has 9 nitrogen and oxygen atoms in total. The number of fused-ring (bicyclic) bond motifs is 2. The second-order valence-electron chi connectivity index (χ2n) is 11.2. The Kier molecular flexibility index (Phi) is 6.46. The lowest BCUT2D eigenvalue weighted by molar-refractivity contribution is -0.391. The molecule has 3 aromatic rings. The number of carbonyl (C=O) groups is 2. The van der Waals surface area contributed by atoms with Gasteiger partial charge in [-0.1, -0.05) is 18.9 Å². The fourth-order valence-electron chi connectivity index (χ4n) is 6.18. The van der Waals surface area contributed by atoms with Gasteiger partial charge in [0, 0.05) is 24.2 Å². The number of aryl methyl sites for hydroxylation is 3. The number of ether oxygens (including phenoxy) is 3. The van der Waals surface area contributed by atoms with Crippen LogP contribution in [0.1, 0.15) is 61.3 Å². The van der Waals surface area contributed by atoms with Crippen LogP contribution in [0.4, 0.5) is 17.6 Å². The fraction of sp³-hybridized carbons (Fsp3) is 0.536. The number of Topliss-reactive ketones (excluding diaryl/α,β-unsaturated/α-hetero) is 1. The number of esters is 1. The molecule has 2 aliphatic heterocycles. The maximum atomic E-state index is 13.7. The largest absolute Gasteiger partial charge is 0.507 e. The van der Waals surface area contributed by atoms with Gasteiger partial charge in [0.2, 0.25) is 0 Å². The third-order valence-electron chi connectivity index (χ3n) is 8.26.